The second-order valence-corrected chi connectivity index (χ2v) is 7.92. The second kappa shape index (κ2) is 5.81. The maximum atomic E-state index is 13.0. The van der Waals surface area contributed by atoms with E-state index < -0.39 is 9.84 Å². The molecule has 3 rings (SSSR count). The van der Waals surface area contributed by atoms with Gasteiger partial charge >= 0.3 is 0 Å². The van der Waals surface area contributed by atoms with Crippen LogP contribution in [-0.4, -0.2) is 55.9 Å². The third kappa shape index (κ3) is 2.88. The minimum Gasteiger partial charge on any atom is -0.494 e. The van der Waals surface area contributed by atoms with E-state index in [2.05, 4.69) is 4.98 Å². The van der Waals surface area contributed by atoms with Crippen molar-refractivity contribution in [2.45, 2.75) is 12.5 Å². The molecule has 0 radical (unpaired) electrons. The van der Waals surface area contributed by atoms with Gasteiger partial charge in [-0.3, -0.25) is 9.78 Å². The Morgan fingerprint density at radius 1 is 1.35 bits per heavy atom. The zero-order valence-corrected chi connectivity index (χ0v) is 13.8. The van der Waals surface area contributed by atoms with Crippen LogP contribution in [0.15, 0.2) is 30.5 Å². The minimum absolute atomic E-state index is 0.0145. The zero-order chi connectivity index (χ0) is 16.6. The van der Waals surface area contributed by atoms with Crippen molar-refractivity contribution in [1.82, 2.24) is 9.88 Å². The number of methoxy groups -OCH3 is 1. The van der Waals surface area contributed by atoms with E-state index in [0.717, 1.165) is 0 Å². The predicted octanol–water partition coefficient (Wildman–Crippen LogP) is 1.50. The maximum absolute atomic E-state index is 13.0. The average Bonchev–Trinajstić information content (AvgIpc) is 2.92. The monoisotopic (exact) mass is 334 g/mol. The van der Waals surface area contributed by atoms with Crippen LogP contribution in [-0.2, 0) is 9.84 Å². The van der Waals surface area contributed by atoms with Crippen molar-refractivity contribution in [3.63, 3.8) is 0 Å². The van der Waals surface area contributed by atoms with Crippen LogP contribution in [0.2, 0.25) is 0 Å². The maximum Gasteiger partial charge on any atom is 0.258 e. The summed E-state index contributed by atoms with van der Waals surface area (Å²) >= 11 is 0. The Hall–Kier alpha value is -2.15. The van der Waals surface area contributed by atoms with Gasteiger partial charge in [-0.05, 0) is 12.5 Å². The van der Waals surface area contributed by atoms with Crippen molar-refractivity contribution >= 4 is 26.6 Å². The van der Waals surface area contributed by atoms with E-state index in [1.165, 1.54) is 18.2 Å². The van der Waals surface area contributed by atoms with E-state index in [4.69, 9.17) is 4.74 Å². The quantitative estimate of drug-likeness (QED) is 0.850. The van der Waals surface area contributed by atoms with Crippen molar-refractivity contribution in [2.24, 2.45) is 0 Å². The summed E-state index contributed by atoms with van der Waals surface area (Å²) in [4.78, 5) is 18.8. The number of para-hydroxylation sites is 1. The summed E-state index contributed by atoms with van der Waals surface area (Å²) in [6, 6.07) is 7.02. The number of hydrogen-bond acceptors (Lipinski definition) is 5. The zero-order valence-electron chi connectivity index (χ0n) is 13.0. The molecule has 1 amide bonds. The van der Waals surface area contributed by atoms with Crippen LogP contribution in [0.4, 0.5) is 0 Å². The van der Waals surface area contributed by atoms with Gasteiger partial charge in [0.1, 0.15) is 0 Å². The summed E-state index contributed by atoms with van der Waals surface area (Å²) in [7, 11) is 0.0782. The molecular weight excluding hydrogens is 316 g/mol. The normalized spacial score (nSPS) is 19.7. The molecule has 2 aromatic rings. The molecule has 1 aliphatic rings. The van der Waals surface area contributed by atoms with Crippen LogP contribution in [0, 0.1) is 0 Å². The lowest BCUT2D eigenvalue weighted by molar-refractivity contribution is 0.0746. The molecule has 1 atom stereocenters. The molecule has 23 heavy (non-hydrogen) atoms. The summed E-state index contributed by atoms with van der Waals surface area (Å²) in [5, 5.41) is 0.699. The molecule has 2 heterocycles. The van der Waals surface area contributed by atoms with Gasteiger partial charge in [0.25, 0.3) is 5.91 Å². The number of ether oxygens (including phenoxy) is 1. The Kier molecular flexibility index (Phi) is 3.97. The van der Waals surface area contributed by atoms with Gasteiger partial charge in [-0.1, -0.05) is 18.2 Å². The minimum atomic E-state index is -3.05. The molecule has 0 aliphatic carbocycles. The molecule has 122 valence electrons. The first kappa shape index (κ1) is 15.7. The number of nitrogens with zero attached hydrogens (tertiary/aromatic N) is 2. The molecule has 0 spiro atoms. The fourth-order valence-corrected chi connectivity index (χ4v) is 4.70. The third-order valence-corrected chi connectivity index (χ3v) is 6.00. The number of benzene rings is 1. The molecule has 0 saturated carbocycles. The fraction of sp³-hybridized carbons (Fsp3) is 0.375. The van der Waals surface area contributed by atoms with Crippen LogP contribution >= 0.6 is 0 Å². The highest BCUT2D eigenvalue weighted by molar-refractivity contribution is 7.91. The van der Waals surface area contributed by atoms with Gasteiger partial charge in [-0.25, -0.2) is 8.42 Å². The SMILES string of the molecule is COc1cnc2ccccc2c1C(=O)N(C)C1CCS(=O)(=O)C1. The first-order valence-electron chi connectivity index (χ1n) is 7.32. The van der Waals surface area contributed by atoms with Gasteiger partial charge < -0.3 is 9.64 Å². The fourth-order valence-electron chi connectivity index (χ4n) is 2.92. The molecule has 1 fully saturated rings. The number of fused-ring (bicyclic) bond motifs is 1. The first-order valence-corrected chi connectivity index (χ1v) is 9.14. The van der Waals surface area contributed by atoms with E-state index in [-0.39, 0.29) is 23.5 Å². The number of pyridine rings is 1. The van der Waals surface area contributed by atoms with E-state index in [0.29, 0.717) is 28.6 Å². The smallest absolute Gasteiger partial charge is 0.258 e. The molecule has 1 unspecified atom stereocenters. The van der Waals surface area contributed by atoms with Crippen LogP contribution in [0.1, 0.15) is 16.8 Å². The molecule has 0 N–H and O–H groups in total. The highest BCUT2D eigenvalue weighted by atomic mass is 32.2. The first-order chi connectivity index (χ1) is 10.9. The summed E-state index contributed by atoms with van der Waals surface area (Å²) < 4.78 is 28.6. The second-order valence-electron chi connectivity index (χ2n) is 5.69. The van der Waals surface area contributed by atoms with Crippen molar-refractivity contribution in [3.05, 3.63) is 36.0 Å². The third-order valence-electron chi connectivity index (χ3n) is 4.25. The molecule has 1 aliphatic heterocycles. The Bertz CT molecular complexity index is 864. The molecule has 0 bridgehead atoms. The number of carbonyl (C=O) groups is 1. The van der Waals surface area contributed by atoms with Crippen LogP contribution < -0.4 is 4.74 Å². The van der Waals surface area contributed by atoms with E-state index in [1.807, 2.05) is 24.3 Å². The number of rotatable bonds is 3. The van der Waals surface area contributed by atoms with Crippen molar-refractivity contribution in [2.75, 3.05) is 25.7 Å². The predicted molar refractivity (Wildman–Crippen MR) is 87.4 cm³/mol. The van der Waals surface area contributed by atoms with Crippen LogP contribution in [0.25, 0.3) is 10.9 Å². The molecule has 1 saturated heterocycles. The highest BCUT2D eigenvalue weighted by Crippen LogP contribution is 2.28. The lowest BCUT2D eigenvalue weighted by atomic mass is 10.1. The largest absolute Gasteiger partial charge is 0.494 e. The van der Waals surface area contributed by atoms with Gasteiger partial charge in [0, 0.05) is 18.5 Å². The van der Waals surface area contributed by atoms with Crippen molar-refractivity contribution in [1.29, 1.82) is 0 Å². The molecule has 6 nitrogen and oxygen atoms in total. The standard InChI is InChI=1S/C16H18N2O4S/c1-18(11-7-8-23(20,21)10-11)16(19)15-12-5-3-4-6-13(12)17-9-14(15)22-2/h3-6,9,11H,7-8,10H2,1-2H3. The summed E-state index contributed by atoms with van der Waals surface area (Å²) in [5.74, 6) is 0.285. The molecule has 7 heteroatoms. The summed E-state index contributed by atoms with van der Waals surface area (Å²) in [6.45, 7) is 0. The van der Waals surface area contributed by atoms with Crippen molar-refractivity contribution < 1.29 is 17.9 Å². The van der Waals surface area contributed by atoms with E-state index >= 15 is 0 Å². The van der Waals surface area contributed by atoms with Gasteiger partial charge in [0.05, 0.1) is 35.9 Å². The average molecular weight is 334 g/mol. The highest BCUT2D eigenvalue weighted by Gasteiger charge is 2.34. The van der Waals surface area contributed by atoms with E-state index in [1.54, 1.807) is 7.05 Å². The Labute approximate surface area is 135 Å². The Morgan fingerprint density at radius 3 is 2.74 bits per heavy atom. The van der Waals surface area contributed by atoms with Crippen molar-refractivity contribution in [3.8, 4) is 5.75 Å². The van der Waals surface area contributed by atoms with Crippen LogP contribution in [0.5, 0.6) is 5.75 Å². The van der Waals surface area contributed by atoms with Crippen LogP contribution in [0.3, 0.4) is 0 Å². The molecular formula is C16H18N2O4S. The van der Waals surface area contributed by atoms with E-state index in [9.17, 15) is 13.2 Å². The number of hydrogen-bond donors (Lipinski definition) is 0. The Morgan fingerprint density at radius 2 is 2.09 bits per heavy atom. The topological polar surface area (TPSA) is 76.6 Å². The Balaban J connectivity index is 2.03. The van der Waals surface area contributed by atoms with Gasteiger partial charge in [0.15, 0.2) is 15.6 Å². The number of carbonyl (C=O) groups excluding carboxylic acids is 1. The summed E-state index contributed by atoms with van der Waals surface area (Å²) in [6.07, 6.45) is 1.99. The molecule has 1 aromatic carbocycles. The molecule has 1 aromatic heterocycles. The van der Waals surface area contributed by atoms with Gasteiger partial charge in [-0.15, -0.1) is 0 Å². The lowest BCUT2D eigenvalue weighted by Gasteiger charge is -2.24. The van der Waals surface area contributed by atoms with Gasteiger partial charge in [-0.2, -0.15) is 0 Å². The van der Waals surface area contributed by atoms with Gasteiger partial charge in [0.2, 0.25) is 0 Å². The lowest BCUT2D eigenvalue weighted by Crippen LogP contribution is -2.38. The summed E-state index contributed by atoms with van der Waals surface area (Å²) in [5.41, 5.74) is 1.12. The number of sulfone groups is 1. The number of amides is 1. The number of aromatic nitrogens is 1.